The molecule has 0 saturated heterocycles. The minimum Gasteiger partial charge on any atom is -0.465 e. The summed E-state index contributed by atoms with van der Waals surface area (Å²) in [6, 6.07) is 6.32. The third kappa shape index (κ3) is 2.74. The van der Waals surface area contributed by atoms with Crippen LogP contribution in [0.2, 0.25) is 19.6 Å². The minimum absolute atomic E-state index is 0.950. The van der Waals surface area contributed by atoms with E-state index in [0.29, 0.717) is 0 Å². The average Bonchev–Trinajstić information content (AvgIpc) is 2.85. The molecule has 0 aliphatic heterocycles. The summed E-state index contributed by atoms with van der Waals surface area (Å²) in [5.41, 5.74) is 0. The van der Waals surface area contributed by atoms with Crippen molar-refractivity contribution in [3.63, 3.8) is 0 Å². The van der Waals surface area contributed by atoms with E-state index in [4.69, 9.17) is 4.42 Å². The first-order chi connectivity index (χ1) is 7.55. The first-order valence-corrected chi connectivity index (χ1v) is 9.74. The molecule has 0 saturated carbocycles. The van der Waals surface area contributed by atoms with Crippen molar-refractivity contribution in [2.75, 3.05) is 0 Å². The third-order valence-electron chi connectivity index (χ3n) is 2.44. The molecule has 2 rings (SSSR count). The van der Waals surface area contributed by atoms with E-state index in [-0.39, 0.29) is 0 Å². The van der Waals surface area contributed by atoms with E-state index in [0.717, 1.165) is 5.76 Å². The fourth-order valence-electron chi connectivity index (χ4n) is 1.38. The van der Waals surface area contributed by atoms with E-state index in [9.17, 15) is 0 Å². The van der Waals surface area contributed by atoms with Crippen LogP contribution in [-0.4, -0.2) is 8.07 Å². The van der Waals surface area contributed by atoms with Crippen molar-refractivity contribution in [3.05, 3.63) is 40.5 Å². The van der Waals surface area contributed by atoms with E-state index in [1.165, 1.54) is 10.1 Å². The molecule has 0 N–H and O–H groups in total. The normalized spacial score (nSPS) is 12.4. The van der Waals surface area contributed by atoms with E-state index >= 15 is 0 Å². The van der Waals surface area contributed by atoms with Crippen LogP contribution < -0.4 is 5.19 Å². The van der Waals surface area contributed by atoms with E-state index < -0.39 is 8.07 Å². The second kappa shape index (κ2) is 4.43. The molecule has 3 heteroatoms. The van der Waals surface area contributed by atoms with Crippen molar-refractivity contribution < 1.29 is 4.42 Å². The molecule has 0 aliphatic rings. The van der Waals surface area contributed by atoms with Gasteiger partial charge in [-0.2, -0.15) is 0 Å². The smallest absolute Gasteiger partial charge is 0.126 e. The van der Waals surface area contributed by atoms with Crippen LogP contribution in [0.4, 0.5) is 0 Å². The molecule has 0 atom stereocenters. The quantitative estimate of drug-likeness (QED) is 0.747. The van der Waals surface area contributed by atoms with Gasteiger partial charge in [-0.1, -0.05) is 25.7 Å². The zero-order chi connectivity index (χ0) is 11.6. The Morgan fingerprint density at radius 2 is 2.06 bits per heavy atom. The molecule has 2 heterocycles. The first-order valence-electron chi connectivity index (χ1n) is 5.36. The summed E-state index contributed by atoms with van der Waals surface area (Å²) >= 11 is 1.73. The van der Waals surface area contributed by atoms with Crippen molar-refractivity contribution in [3.8, 4) is 0 Å². The Bertz CT molecular complexity index is 474. The Hall–Kier alpha value is -1.06. The van der Waals surface area contributed by atoms with Gasteiger partial charge < -0.3 is 4.42 Å². The van der Waals surface area contributed by atoms with Gasteiger partial charge in [0.25, 0.3) is 0 Å². The van der Waals surface area contributed by atoms with Gasteiger partial charge in [-0.25, -0.2) is 0 Å². The molecule has 0 bridgehead atoms. The second-order valence-corrected chi connectivity index (χ2v) is 10.9. The lowest BCUT2D eigenvalue weighted by atomic mass is 10.3. The number of furan rings is 1. The number of thiophene rings is 1. The first kappa shape index (κ1) is 11.4. The van der Waals surface area contributed by atoms with Gasteiger partial charge >= 0.3 is 0 Å². The summed E-state index contributed by atoms with van der Waals surface area (Å²) in [4.78, 5) is 1.26. The third-order valence-corrected chi connectivity index (χ3v) is 5.27. The van der Waals surface area contributed by atoms with E-state index in [1.54, 1.807) is 11.3 Å². The van der Waals surface area contributed by atoms with Gasteiger partial charge in [-0.05, 0) is 34.9 Å². The molecule has 2 aromatic heterocycles. The SMILES string of the molecule is C[Si](C)(C)c1coc(/C=C/c2cccs2)c1. The lowest BCUT2D eigenvalue weighted by molar-refractivity contribution is 0.559. The summed E-state index contributed by atoms with van der Waals surface area (Å²) in [5, 5.41) is 3.45. The Labute approximate surface area is 101 Å². The highest BCUT2D eigenvalue weighted by Crippen LogP contribution is 2.14. The summed E-state index contributed by atoms with van der Waals surface area (Å²) < 4.78 is 5.54. The Morgan fingerprint density at radius 1 is 1.25 bits per heavy atom. The minimum atomic E-state index is -1.23. The molecule has 0 radical (unpaired) electrons. The van der Waals surface area contributed by atoms with Gasteiger partial charge in [0, 0.05) is 4.88 Å². The van der Waals surface area contributed by atoms with Crippen LogP contribution in [0.3, 0.4) is 0 Å². The second-order valence-electron chi connectivity index (χ2n) is 4.84. The van der Waals surface area contributed by atoms with Crippen LogP contribution in [0, 0.1) is 0 Å². The topological polar surface area (TPSA) is 13.1 Å². The van der Waals surface area contributed by atoms with Crippen molar-refractivity contribution in [1.82, 2.24) is 0 Å². The fourth-order valence-corrected chi connectivity index (χ4v) is 2.99. The largest absolute Gasteiger partial charge is 0.465 e. The van der Waals surface area contributed by atoms with Gasteiger partial charge in [0.2, 0.25) is 0 Å². The maximum Gasteiger partial charge on any atom is 0.126 e. The van der Waals surface area contributed by atoms with Crippen LogP contribution in [0.1, 0.15) is 10.6 Å². The molecule has 0 aromatic carbocycles. The summed E-state index contributed by atoms with van der Waals surface area (Å²) in [6.45, 7) is 6.97. The maximum absolute atomic E-state index is 5.54. The molecule has 0 unspecified atom stereocenters. The molecule has 0 fully saturated rings. The highest BCUT2D eigenvalue weighted by atomic mass is 32.1. The fraction of sp³-hybridized carbons (Fsp3) is 0.231. The van der Waals surface area contributed by atoms with Crippen LogP contribution in [0.15, 0.2) is 34.3 Å². The Kier molecular flexibility index (Phi) is 3.17. The van der Waals surface area contributed by atoms with Gasteiger partial charge in [-0.15, -0.1) is 11.3 Å². The molecule has 0 amide bonds. The van der Waals surface area contributed by atoms with Crippen LogP contribution in [-0.2, 0) is 0 Å². The van der Waals surface area contributed by atoms with Gasteiger partial charge in [0.1, 0.15) is 5.76 Å². The molecule has 1 nitrogen and oxygen atoms in total. The zero-order valence-corrected chi connectivity index (χ0v) is 11.7. The Balaban J connectivity index is 2.15. The molecule has 0 aliphatic carbocycles. The molecule has 84 valence electrons. The monoisotopic (exact) mass is 248 g/mol. The molecular formula is C13H16OSSi. The van der Waals surface area contributed by atoms with E-state index in [2.05, 4.69) is 49.3 Å². The predicted molar refractivity (Wildman–Crippen MR) is 74.9 cm³/mol. The van der Waals surface area contributed by atoms with E-state index in [1.807, 2.05) is 12.3 Å². The highest BCUT2D eigenvalue weighted by molar-refractivity contribution is 7.10. The summed E-state index contributed by atoms with van der Waals surface area (Å²) in [5.74, 6) is 0.950. The lowest BCUT2D eigenvalue weighted by Gasteiger charge is -2.11. The summed E-state index contributed by atoms with van der Waals surface area (Å²) in [6.07, 6.45) is 6.04. The number of hydrogen-bond donors (Lipinski definition) is 0. The number of rotatable bonds is 3. The Morgan fingerprint density at radius 3 is 2.62 bits per heavy atom. The van der Waals surface area contributed by atoms with Crippen LogP contribution >= 0.6 is 11.3 Å². The molecular weight excluding hydrogens is 232 g/mol. The van der Waals surface area contributed by atoms with Crippen molar-refractivity contribution in [1.29, 1.82) is 0 Å². The zero-order valence-electron chi connectivity index (χ0n) is 9.86. The number of hydrogen-bond acceptors (Lipinski definition) is 2. The van der Waals surface area contributed by atoms with Gasteiger partial charge in [-0.3, -0.25) is 0 Å². The lowest BCUT2D eigenvalue weighted by Crippen LogP contribution is -2.36. The highest BCUT2D eigenvalue weighted by Gasteiger charge is 2.18. The van der Waals surface area contributed by atoms with Gasteiger partial charge in [0.05, 0.1) is 14.3 Å². The van der Waals surface area contributed by atoms with Crippen molar-refractivity contribution >= 4 is 36.7 Å². The van der Waals surface area contributed by atoms with Crippen molar-refractivity contribution in [2.45, 2.75) is 19.6 Å². The molecule has 16 heavy (non-hydrogen) atoms. The standard InChI is InChI=1S/C13H16OSSi/c1-16(2,3)13-9-11(14-10-13)6-7-12-5-4-8-15-12/h4-10H,1-3H3/b7-6+. The molecule has 2 aromatic rings. The molecule has 0 spiro atoms. The van der Waals surface area contributed by atoms with Crippen molar-refractivity contribution in [2.24, 2.45) is 0 Å². The summed E-state index contributed by atoms with van der Waals surface area (Å²) in [7, 11) is -1.23. The maximum atomic E-state index is 5.54. The van der Waals surface area contributed by atoms with Crippen LogP contribution in [0.5, 0.6) is 0 Å². The van der Waals surface area contributed by atoms with Gasteiger partial charge in [0.15, 0.2) is 0 Å². The predicted octanol–water partition coefficient (Wildman–Crippen LogP) is 4.06. The average molecular weight is 248 g/mol. The van der Waals surface area contributed by atoms with Crippen LogP contribution in [0.25, 0.3) is 12.2 Å².